The van der Waals surface area contributed by atoms with Gasteiger partial charge in [0.25, 0.3) is 0 Å². The number of aryl methyl sites for hydroxylation is 1. The van der Waals surface area contributed by atoms with Gasteiger partial charge in [-0.3, -0.25) is 4.98 Å². The van der Waals surface area contributed by atoms with Crippen LogP contribution < -0.4 is 10.6 Å². The lowest BCUT2D eigenvalue weighted by molar-refractivity contribution is 0.920. The molecule has 4 nitrogen and oxygen atoms in total. The van der Waals surface area contributed by atoms with Crippen molar-refractivity contribution in [3.05, 3.63) is 40.1 Å². The van der Waals surface area contributed by atoms with Crippen molar-refractivity contribution in [2.75, 3.05) is 11.9 Å². The van der Waals surface area contributed by atoms with Crippen molar-refractivity contribution in [2.45, 2.75) is 13.5 Å². The predicted octanol–water partition coefficient (Wildman–Crippen LogP) is 2.12. The van der Waals surface area contributed by atoms with Gasteiger partial charge in [-0.2, -0.15) is 0 Å². The van der Waals surface area contributed by atoms with Crippen LogP contribution in [0.3, 0.4) is 0 Å². The lowest BCUT2D eigenvalue weighted by atomic mass is 10.3. The number of nitrogens with zero attached hydrogens (tertiary/aromatic N) is 3. The Labute approximate surface area is 115 Å². The van der Waals surface area contributed by atoms with Crippen LogP contribution in [0.4, 0.5) is 5.69 Å². The predicted molar refractivity (Wildman–Crippen MR) is 79.1 cm³/mol. The molecular weight excluding hydrogens is 264 g/mol. The molecule has 2 N–H and O–H groups in total. The van der Waals surface area contributed by atoms with Gasteiger partial charge in [0.15, 0.2) is 0 Å². The SMILES string of the molecule is Cc1ncsc1CN(C)c1ccc(C(N)=S)nc1. The second-order valence-electron chi connectivity index (χ2n) is 3.98. The number of aromatic nitrogens is 2. The van der Waals surface area contributed by atoms with Gasteiger partial charge in [0.2, 0.25) is 0 Å². The van der Waals surface area contributed by atoms with Crippen molar-refractivity contribution >= 4 is 34.2 Å². The zero-order valence-corrected chi connectivity index (χ0v) is 11.9. The van der Waals surface area contributed by atoms with E-state index in [2.05, 4.69) is 14.9 Å². The summed E-state index contributed by atoms with van der Waals surface area (Å²) in [5, 5.41) is 0. The van der Waals surface area contributed by atoms with Crippen LogP contribution in [0.2, 0.25) is 0 Å². The molecule has 2 heterocycles. The molecule has 18 heavy (non-hydrogen) atoms. The minimum atomic E-state index is 0.322. The largest absolute Gasteiger partial charge is 0.388 e. The highest BCUT2D eigenvalue weighted by atomic mass is 32.1. The molecule has 0 aliphatic heterocycles. The lowest BCUT2D eigenvalue weighted by Crippen LogP contribution is -2.17. The first-order valence-corrected chi connectivity index (χ1v) is 6.72. The minimum Gasteiger partial charge on any atom is -0.388 e. The van der Waals surface area contributed by atoms with Crippen molar-refractivity contribution in [2.24, 2.45) is 5.73 Å². The standard InChI is InChI=1S/C12H14N4S2/c1-8-11(18-7-15-8)6-16(2)9-3-4-10(12(13)17)14-5-9/h3-5,7H,6H2,1-2H3,(H2,13,17). The quantitative estimate of drug-likeness (QED) is 0.868. The van der Waals surface area contributed by atoms with E-state index < -0.39 is 0 Å². The molecule has 2 aromatic rings. The molecular formula is C12H14N4S2. The molecule has 94 valence electrons. The lowest BCUT2D eigenvalue weighted by Gasteiger charge is -2.18. The average Bonchev–Trinajstić information content (AvgIpc) is 2.75. The third-order valence-corrected chi connectivity index (χ3v) is 3.80. The Morgan fingerprint density at radius 1 is 1.44 bits per heavy atom. The summed E-state index contributed by atoms with van der Waals surface area (Å²) < 4.78 is 0. The van der Waals surface area contributed by atoms with Gasteiger partial charge in [0, 0.05) is 11.9 Å². The van der Waals surface area contributed by atoms with E-state index in [-0.39, 0.29) is 0 Å². The molecule has 6 heteroatoms. The number of hydrogen-bond donors (Lipinski definition) is 1. The van der Waals surface area contributed by atoms with Crippen LogP contribution in [0.5, 0.6) is 0 Å². The molecule has 0 saturated heterocycles. The highest BCUT2D eigenvalue weighted by Crippen LogP contribution is 2.19. The monoisotopic (exact) mass is 278 g/mol. The van der Waals surface area contributed by atoms with E-state index in [1.165, 1.54) is 4.88 Å². The first kappa shape index (κ1) is 12.9. The summed E-state index contributed by atoms with van der Waals surface area (Å²) in [5.74, 6) is 0. The third-order valence-electron chi connectivity index (χ3n) is 2.67. The van der Waals surface area contributed by atoms with Gasteiger partial charge < -0.3 is 10.6 Å². The number of hydrogen-bond acceptors (Lipinski definition) is 5. The van der Waals surface area contributed by atoms with Crippen molar-refractivity contribution in [1.29, 1.82) is 0 Å². The number of nitrogens with two attached hydrogens (primary N) is 1. The van der Waals surface area contributed by atoms with Gasteiger partial charge in [-0.05, 0) is 19.1 Å². The Balaban J connectivity index is 2.12. The second-order valence-corrected chi connectivity index (χ2v) is 5.36. The number of anilines is 1. The van der Waals surface area contributed by atoms with Crippen molar-refractivity contribution in [3.63, 3.8) is 0 Å². The topological polar surface area (TPSA) is 55.0 Å². The van der Waals surface area contributed by atoms with Gasteiger partial charge in [0.05, 0.1) is 35.3 Å². The highest BCUT2D eigenvalue weighted by molar-refractivity contribution is 7.80. The molecule has 0 atom stereocenters. The molecule has 0 bridgehead atoms. The Morgan fingerprint density at radius 3 is 2.72 bits per heavy atom. The fourth-order valence-corrected chi connectivity index (χ4v) is 2.49. The molecule has 0 aromatic carbocycles. The second kappa shape index (κ2) is 5.41. The zero-order valence-electron chi connectivity index (χ0n) is 10.3. The van der Waals surface area contributed by atoms with Crippen LogP contribution in [-0.4, -0.2) is 22.0 Å². The molecule has 0 amide bonds. The van der Waals surface area contributed by atoms with Gasteiger partial charge >= 0.3 is 0 Å². The van der Waals surface area contributed by atoms with Crippen LogP contribution in [0.25, 0.3) is 0 Å². The number of thiocarbonyl (C=S) groups is 1. The van der Waals surface area contributed by atoms with E-state index in [0.29, 0.717) is 10.7 Å². The Kier molecular flexibility index (Phi) is 3.88. The summed E-state index contributed by atoms with van der Waals surface area (Å²) in [6.45, 7) is 2.85. The maximum absolute atomic E-state index is 5.52. The summed E-state index contributed by atoms with van der Waals surface area (Å²) in [4.78, 5) is 12.2. The fraction of sp³-hybridized carbons (Fsp3) is 0.250. The average molecular weight is 278 g/mol. The summed E-state index contributed by atoms with van der Waals surface area (Å²) in [7, 11) is 2.02. The van der Waals surface area contributed by atoms with E-state index in [4.69, 9.17) is 18.0 Å². The molecule has 0 fully saturated rings. The zero-order chi connectivity index (χ0) is 13.1. The number of pyridine rings is 1. The maximum atomic E-state index is 5.52. The molecule has 2 aromatic heterocycles. The molecule has 0 radical (unpaired) electrons. The molecule has 2 rings (SSSR count). The smallest absolute Gasteiger partial charge is 0.122 e. The van der Waals surface area contributed by atoms with Crippen LogP contribution in [0.15, 0.2) is 23.8 Å². The van der Waals surface area contributed by atoms with E-state index in [0.717, 1.165) is 17.9 Å². The van der Waals surface area contributed by atoms with Gasteiger partial charge in [-0.1, -0.05) is 12.2 Å². The van der Waals surface area contributed by atoms with Crippen molar-refractivity contribution in [3.8, 4) is 0 Å². The van der Waals surface area contributed by atoms with E-state index in [1.807, 2.05) is 31.6 Å². The van der Waals surface area contributed by atoms with Gasteiger partial charge in [0.1, 0.15) is 4.99 Å². The molecule has 0 spiro atoms. The number of rotatable bonds is 4. The molecule has 0 unspecified atom stereocenters. The van der Waals surface area contributed by atoms with Crippen molar-refractivity contribution in [1.82, 2.24) is 9.97 Å². The maximum Gasteiger partial charge on any atom is 0.122 e. The summed E-state index contributed by atoms with van der Waals surface area (Å²) in [6, 6.07) is 3.81. The molecule has 0 aliphatic rings. The first-order valence-electron chi connectivity index (χ1n) is 5.44. The van der Waals surface area contributed by atoms with Crippen LogP contribution >= 0.6 is 23.6 Å². The van der Waals surface area contributed by atoms with Gasteiger partial charge in [-0.15, -0.1) is 11.3 Å². The highest BCUT2D eigenvalue weighted by Gasteiger charge is 2.07. The normalized spacial score (nSPS) is 10.3. The Morgan fingerprint density at radius 2 is 2.22 bits per heavy atom. The van der Waals surface area contributed by atoms with Crippen LogP contribution in [-0.2, 0) is 6.54 Å². The molecule has 0 aliphatic carbocycles. The van der Waals surface area contributed by atoms with E-state index in [1.54, 1.807) is 17.5 Å². The van der Waals surface area contributed by atoms with E-state index >= 15 is 0 Å². The van der Waals surface area contributed by atoms with Crippen LogP contribution in [0.1, 0.15) is 16.3 Å². The van der Waals surface area contributed by atoms with Crippen LogP contribution in [0, 0.1) is 6.92 Å². The van der Waals surface area contributed by atoms with Crippen molar-refractivity contribution < 1.29 is 0 Å². The molecule has 0 saturated carbocycles. The first-order chi connectivity index (χ1) is 8.58. The minimum absolute atomic E-state index is 0.322. The Hall–Kier alpha value is -1.53. The number of thiazole rings is 1. The third kappa shape index (κ3) is 2.83. The van der Waals surface area contributed by atoms with Gasteiger partial charge in [-0.25, -0.2) is 4.98 Å². The Bertz CT molecular complexity index is 547. The summed E-state index contributed by atoms with van der Waals surface area (Å²) >= 11 is 6.54. The fourth-order valence-electron chi connectivity index (χ4n) is 1.54. The summed E-state index contributed by atoms with van der Waals surface area (Å²) in [5.41, 5.74) is 10.1. The summed E-state index contributed by atoms with van der Waals surface area (Å²) in [6.07, 6.45) is 1.78. The van der Waals surface area contributed by atoms with E-state index in [9.17, 15) is 0 Å².